The van der Waals surface area contributed by atoms with E-state index in [4.69, 9.17) is 9.84 Å². The largest absolute Gasteiger partial charge is 0.487 e. The SMILES string of the molecule is CC(C(=O)O)c1ccc(COc2cccnc2)cc1. The molecule has 0 fully saturated rings. The number of pyridine rings is 1. The fourth-order valence-electron chi connectivity index (χ4n) is 1.64. The van der Waals surface area contributed by atoms with Crippen molar-refractivity contribution in [3.8, 4) is 5.75 Å². The summed E-state index contributed by atoms with van der Waals surface area (Å²) in [5.41, 5.74) is 1.78. The second-order valence-corrected chi connectivity index (χ2v) is 4.28. The lowest BCUT2D eigenvalue weighted by Crippen LogP contribution is -2.07. The van der Waals surface area contributed by atoms with Crippen LogP contribution in [0.4, 0.5) is 0 Å². The third kappa shape index (κ3) is 3.55. The maximum atomic E-state index is 10.9. The molecule has 0 aliphatic rings. The van der Waals surface area contributed by atoms with Crippen molar-refractivity contribution in [3.63, 3.8) is 0 Å². The van der Waals surface area contributed by atoms with E-state index in [-0.39, 0.29) is 0 Å². The lowest BCUT2D eigenvalue weighted by Gasteiger charge is -2.09. The van der Waals surface area contributed by atoms with Crippen LogP contribution in [-0.2, 0) is 11.4 Å². The first kappa shape index (κ1) is 13.1. The summed E-state index contributed by atoms with van der Waals surface area (Å²) in [6.07, 6.45) is 3.34. The lowest BCUT2D eigenvalue weighted by atomic mass is 10.0. The zero-order valence-electron chi connectivity index (χ0n) is 10.6. The van der Waals surface area contributed by atoms with Crippen LogP contribution in [0, 0.1) is 0 Å². The van der Waals surface area contributed by atoms with Gasteiger partial charge in [-0.15, -0.1) is 0 Å². The normalized spacial score (nSPS) is 11.8. The third-order valence-corrected chi connectivity index (χ3v) is 2.89. The molecular weight excluding hydrogens is 242 g/mol. The molecule has 98 valence electrons. The number of nitrogens with zero attached hydrogens (tertiary/aromatic N) is 1. The third-order valence-electron chi connectivity index (χ3n) is 2.89. The molecule has 0 amide bonds. The number of hydrogen-bond donors (Lipinski definition) is 1. The standard InChI is InChI=1S/C15H15NO3/c1-11(15(17)18)13-6-4-12(5-7-13)10-19-14-3-2-8-16-9-14/h2-9,11H,10H2,1H3,(H,17,18). The van der Waals surface area contributed by atoms with E-state index in [1.165, 1.54) is 0 Å². The summed E-state index contributed by atoms with van der Waals surface area (Å²) in [5.74, 6) is -0.599. The monoisotopic (exact) mass is 257 g/mol. The van der Waals surface area contributed by atoms with Gasteiger partial charge in [-0.25, -0.2) is 0 Å². The van der Waals surface area contributed by atoms with Crippen LogP contribution in [0.2, 0.25) is 0 Å². The molecule has 4 heteroatoms. The molecule has 1 N–H and O–H groups in total. The first-order valence-electron chi connectivity index (χ1n) is 6.01. The number of carboxylic acids is 1. The van der Waals surface area contributed by atoms with Crippen LogP contribution >= 0.6 is 0 Å². The summed E-state index contributed by atoms with van der Waals surface area (Å²) in [7, 11) is 0. The average molecular weight is 257 g/mol. The van der Waals surface area contributed by atoms with Gasteiger partial charge in [-0.2, -0.15) is 0 Å². The predicted molar refractivity (Wildman–Crippen MR) is 71.1 cm³/mol. The topological polar surface area (TPSA) is 59.4 Å². The van der Waals surface area contributed by atoms with Crippen molar-refractivity contribution in [3.05, 3.63) is 59.9 Å². The minimum atomic E-state index is -0.820. The molecule has 1 unspecified atom stereocenters. The summed E-state index contributed by atoms with van der Waals surface area (Å²) in [4.78, 5) is 14.8. The Labute approximate surface area is 111 Å². The van der Waals surface area contributed by atoms with Crippen LogP contribution in [0.1, 0.15) is 24.0 Å². The first-order chi connectivity index (χ1) is 9.16. The molecule has 0 saturated carbocycles. The maximum Gasteiger partial charge on any atom is 0.310 e. The van der Waals surface area contributed by atoms with Gasteiger partial charge in [0.05, 0.1) is 12.1 Å². The van der Waals surface area contributed by atoms with E-state index >= 15 is 0 Å². The number of ether oxygens (including phenoxy) is 1. The molecule has 1 aromatic carbocycles. The molecule has 0 aliphatic carbocycles. The molecule has 4 nitrogen and oxygen atoms in total. The van der Waals surface area contributed by atoms with Gasteiger partial charge in [-0.05, 0) is 30.2 Å². The van der Waals surface area contributed by atoms with Crippen LogP contribution in [0.25, 0.3) is 0 Å². The van der Waals surface area contributed by atoms with Gasteiger partial charge in [0.25, 0.3) is 0 Å². The van der Waals surface area contributed by atoms with E-state index in [1.54, 1.807) is 19.3 Å². The molecule has 0 spiro atoms. The van der Waals surface area contributed by atoms with E-state index in [9.17, 15) is 4.79 Å². The van der Waals surface area contributed by atoms with E-state index < -0.39 is 11.9 Å². The summed E-state index contributed by atoms with van der Waals surface area (Å²) in [6.45, 7) is 2.11. The van der Waals surface area contributed by atoms with Crippen molar-refractivity contribution < 1.29 is 14.6 Å². The van der Waals surface area contributed by atoms with Crippen LogP contribution < -0.4 is 4.74 Å². The first-order valence-corrected chi connectivity index (χ1v) is 6.01. The smallest absolute Gasteiger partial charge is 0.310 e. The molecule has 0 saturated heterocycles. The summed E-state index contributed by atoms with van der Waals surface area (Å²) in [6, 6.07) is 11.1. The number of carboxylic acid groups (broad SMARTS) is 1. The van der Waals surface area contributed by atoms with Gasteiger partial charge in [0.1, 0.15) is 12.4 Å². The number of benzene rings is 1. The Kier molecular flexibility index (Phi) is 4.13. The number of rotatable bonds is 5. The molecule has 0 aliphatic heterocycles. The van der Waals surface area contributed by atoms with Crippen LogP contribution in [-0.4, -0.2) is 16.1 Å². The average Bonchev–Trinajstić information content (AvgIpc) is 2.46. The van der Waals surface area contributed by atoms with Gasteiger partial charge in [0.15, 0.2) is 0 Å². The molecular formula is C15H15NO3. The second kappa shape index (κ2) is 6.00. The summed E-state index contributed by atoms with van der Waals surface area (Å²) >= 11 is 0. The molecule has 1 aromatic heterocycles. The Balaban J connectivity index is 1.97. The Hall–Kier alpha value is -2.36. The van der Waals surface area contributed by atoms with Crippen molar-refractivity contribution in [1.29, 1.82) is 0 Å². The molecule has 2 rings (SSSR count). The van der Waals surface area contributed by atoms with Crippen molar-refractivity contribution in [2.45, 2.75) is 19.4 Å². The number of hydrogen-bond acceptors (Lipinski definition) is 3. The fraction of sp³-hybridized carbons (Fsp3) is 0.200. The quantitative estimate of drug-likeness (QED) is 0.894. The van der Waals surface area contributed by atoms with Crippen LogP contribution in [0.15, 0.2) is 48.8 Å². The van der Waals surface area contributed by atoms with Gasteiger partial charge >= 0.3 is 5.97 Å². The predicted octanol–water partition coefficient (Wildman–Crippen LogP) is 2.85. The van der Waals surface area contributed by atoms with Crippen LogP contribution in [0.5, 0.6) is 5.75 Å². The van der Waals surface area contributed by atoms with Crippen molar-refractivity contribution in [1.82, 2.24) is 4.98 Å². The Bertz CT molecular complexity index is 537. The fourth-order valence-corrected chi connectivity index (χ4v) is 1.64. The Morgan fingerprint density at radius 1 is 1.32 bits per heavy atom. The second-order valence-electron chi connectivity index (χ2n) is 4.28. The van der Waals surface area contributed by atoms with Gasteiger partial charge in [0, 0.05) is 6.20 Å². The lowest BCUT2D eigenvalue weighted by molar-refractivity contribution is -0.138. The highest BCUT2D eigenvalue weighted by Gasteiger charge is 2.12. The van der Waals surface area contributed by atoms with Gasteiger partial charge in [0.2, 0.25) is 0 Å². The van der Waals surface area contributed by atoms with Crippen molar-refractivity contribution in [2.75, 3.05) is 0 Å². The summed E-state index contributed by atoms with van der Waals surface area (Å²) in [5, 5.41) is 8.93. The van der Waals surface area contributed by atoms with Crippen LogP contribution in [0.3, 0.4) is 0 Å². The van der Waals surface area contributed by atoms with E-state index in [0.29, 0.717) is 12.4 Å². The molecule has 1 heterocycles. The molecule has 1 atom stereocenters. The highest BCUT2D eigenvalue weighted by Crippen LogP contribution is 2.17. The number of carbonyl (C=O) groups is 1. The van der Waals surface area contributed by atoms with Gasteiger partial charge in [-0.3, -0.25) is 9.78 Å². The maximum absolute atomic E-state index is 10.9. The number of aromatic nitrogens is 1. The minimum Gasteiger partial charge on any atom is -0.487 e. The number of aliphatic carboxylic acids is 1. The Morgan fingerprint density at radius 3 is 2.63 bits per heavy atom. The highest BCUT2D eigenvalue weighted by atomic mass is 16.5. The zero-order valence-corrected chi connectivity index (χ0v) is 10.6. The molecule has 2 aromatic rings. The van der Waals surface area contributed by atoms with E-state index in [0.717, 1.165) is 11.1 Å². The molecule has 0 bridgehead atoms. The van der Waals surface area contributed by atoms with Crippen molar-refractivity contribution >= 4 is 5.97 Å². The Morgan fingerprint density at radius 2 is 2.05 bits per heavy atom. The molecule has 19 heavy (non-hydrogen) atoms. The molecule has 0 radical (unpaired) electrons. The van der Waals surface area contributed by atoms with E-state index in [2.05, 4.69) is 4.98 Å². The minimum absolute atomic E-state index is 0.438. The van der Waals surface area contributed by atoms with Crippen molar-refractivity contribution in [2.24, 2.45) is 0 Å². The summed E-state index contributed by atoms with van der Waals surface area (Å²) < 4.78 is 5.56. The van der Waals surface area contributed by atoms with E-state index in [1.807, 2.05) is 36.4 Å². The van der Waals surface area contributed by atoms with Gasteiger partial charge < -0.3 is 9.84 Å². The zero-order chi connectivity index (χ0) is 13.7. The van der Waals surface area contributed by atoms with Gasteiger partial charge in [-0.1, -0.05) is 24.3 Å². The highest BCUT2D eigenvalue weighted by molar-refractivity contribution is 5.75.